The number of aryl methyl sites for hydroxylation is 1. The van der Waals surface area contributed by atoms with Crippen LogP contribution in [0.15, 0.2) is 66.9 Å². The third-order valence-electron chi connectivity index (χ3n) is 6.74. The second-order valence-corrected chi connectivity index (χ2v) is 9.86. The standard InChI is InChI=1S/C29H28N2O3/c1-17-7-8-19(15-26(32)33)25(13-17)34-27-24-14-18(9-10-20(24)16-29(27,2)3)21-5-4-6-23-22(21)11-12-31-28(23)30/h4-14,27H,15-16H2,1-3H3,(H2,30,31)(H,32,33). The van der Waals surface area contributed by atoms with Gasteiger partial charge in [0.25, 0.3) is 0 Å². The van der Waals surface area contributed by atoms with Crippen LogP contribution in [0.25, 0.3) is 21.9 Å². The van der Waals surface area contributed by atoms with Crippen molar-refractivity contribution in [2.45, 2.75) is 39.7 Å². The molecular weight excluding hydrogens is 424 g/mol. The predicted octanol–water partition coefficient (Wildman–Crippen LogP) is 6.12. The zero-order chi connectivity index (χ0) is 24.0. The van der Waals surface area contributed by atoms with Gasteiger partial charge < -0.3 is 15.6 Å². The molecule has 1 heterocycles. The number of nitrogens with two attached hydrogens (primary N) is 1. The number of benzene rings is 3. The van der Waals surface area contributed by atoms with E-state index in [0.717, 1.165) is 39.4 Å². The molecule has 172 valence electrons. The molecule has 0 bridgehead atoms. The van der Waals surface area contributed by atoms with Crippen LogP contribution in [-0.4, -0.2) is 16.1 Å². The van der Waals surface area contributed by atoms with E-state index in [1.165, 1.54) is 5.56 Å². The SMILES string of the molecule is Cc1ccc(CC(=O)O)c(OC2c3cc(-c4cccc5c(N)nccc45)ccc3CC2(C)C)c1. The molecule has 1 aliphatic rings. The van der Waals surface area contributed by atoms with Crippen LogP contribution in [0.4, 0.5) is 5.82 Å². The lowest BCUT2D eigenvalue weighted by Gasteiger charge is -2.29. The van der Waals surface area contributed by atoms with Crippen molar-refractivity contribution < 1.29 is 14.6 Å². The largest absolute Gasteiger partial charge is 0.485 e. The topological polar surface area (TPSA) is 85.4 Å². The summed E-state index contributed by atoms with van der Waals surface area (Å²) in [6.45, 7) is 6.40. The Morgan fingerprint density at radius 3 is 2.74 bits per heavy atom. The maximum atomic E-state index is 11.4. The minimum atomic E-state index is -0.869. The van der Waals surface area contributed by atoms with Crippen LogP contribution in [0.2, 0.25) is 0 Å². The molecule has 0 aliphatic heterocycles. The van der Waals surface area contributed by atoms with Gasteiger partial charge in [-0.2, -0.15) is 0 Å². The van der Waals surface area contributed by atoms with Crippen LogP contribution < -0.4 is 10.5 Å². The first-order valence-electron chi connectivity index (χ1n) is 11.5. The van der Waals surface area contributed by atoms with Crippen molar-refractivity contribution in [3.8, 4) is 16.9 Å². The van der Waals surface area contributed by atoms with Crippen molar-refractivity contribution in [2.75, 3.05) is 5.73 Å². The molecule has 5 rings (SSSR count). The van der Waals surface area contributed by atoms with E-state index in [2.05, 4.69) is 43.1 Å². The Morgan fingerprint density at radius 2 is 1.94 bits per heavy atom. The molecule has 3 N–H and O–H groups in total. The molecule has 0 radical (unpaired) electrons. The number of aliphatic carboxylic acids is 1. The molecule has 0 spiro atoms. The molecule has 4 aromatic rings. The number of hydrogen-bond acceptors (Lipinski definition) is 4. The zero-order valence-corrected chi connectivity index (χ0v) is 19.6. The summed E-state index contributed by atoms with van der Waals surface area (Å²) in [6, 6.07) is 20.4. The summed E-state index contributed by atoms with van der Waals surface area (Å²) in [4.78, 5) is 15.7. The van der Waals surface area contributed by atoms with Crippen molar-refractivity contribution in [1.82, 2.24) is 4.98 Å². The number of nitrogens with zero attached hydrogens (tertiary/aromatic N) is 1. The lowest BCUT2D eigenvalue weighted by Crippen LogP contribution is -2.23. The number of aromatic nitrogens is 1. The fourth-order valence-corrected chi connectivity index (χ4v) is 5.08. The third-order valence-corrected chi connectivity index (χ3v) is 6.74. The number of carboxylic acid groups (broad SMARTS) is 1. The molecule has 1 aromatic heterocycles. The van der Waals surface area contributed by atoms with Crippen molar-refractivity contribution in [3.05, 3.63) is 89.1 Å². The van der Waals surface area contributed by atoms with Gasteiger partial charge in [-0.3, -0.25) is 4.79 Å². The Hall–Kier alpha value is -3.86. The molecule has 1 aliphatic carbocycles. The Kier molecular flexibility index (Phi) is 5.28. The highest BCUT2D eigenvalue weighted by molar-refractivity contribution is 6.01. The molecule has 0 saturated heterocycles. The number of nitrogen functional groups attached to an aromatic ring is 1. The Morgan fingerprint density at radius 1 is 1.12 bits per heavy atom. The monoisotopic (exact) mass is 452 g/mol. The van der Waals surface area contributed by atoms with Crippen LogP contribution >= 0.6 is 0 Å². The maximum absolute atomic E-state index is 11.4. The summed E-state index contributed by atoms with van der Waals surface area (Å²) in [5.41, 5.74) is 12.3. The Bertz CT molecular complexity index is 1420. The number of ether oxygens (including phenoxy) is 1. The summed E-state index contributed by atoms with van der Waals surface area (Å²) in [5.74, 6) is 0.294. The summed E-state index contributed by atoms with van der Waals surface area (Å²) < 4.78 is 6.63. The maximum Gasteiger partial charge on any atom is 0.307 e. The molecule has 1 atom stereocenters. The number of carboxylic acids is 1. The predicted molar refractivity (Wildman–Crippen MR) is 135 cm³/mol. The molecule has 34 heavy (non-hydrogen) atoms. The first kappa shape index (κ1) is 22.0. The van der Waals surface area contributed by atoms with Crippen LogP contribution in [0.3, 0.4) is 0 Å². The minimum Gasteiger partial charge on any atom is -0.485 e. The van der Waals surface area contributed by atoms with Gasteiger partial charge >= 0.3 is 5.97 Å². The number of carbonyl (C=O) groups is 1. The van der Waals surface area contributed by atoms with E-state index in [9.17, 15) is 9.90 Å². The highest BCUT2D eigenvalue weighted by Gasteiger charge is 2.41. The smallest absolute Gasteiger partial charge is 0.307 e. The fraction of sp³-hybridized carbons (Fsp3) is 0.241. The van der Waals surface area contributed by atoms with E-state index < -0.39 is 5.97 Å². The molecular formula is C29H28N2O3. The molecule has 5 heteroatoms. The highest BCUT2D eigenvalue weighted by atomic mass is 16.5. The summed E-state index contributed by atoms with van der Waals surface area (Å²) >= 11 is 0. The third kappa shape index (κ3) is 3.87. The molecule has 3 aromatic carbocycles. The average molecular weight is 453 g/mol. The summed E-state index contributed by atoms with van der Waals surface area (Å²) in [7, 11) is 0. The first-order valence-corrected chi connectivity index (χ1v) is 11.5. The quantitative estimate of drug-likeness (QED) is 0.381. The van der Waals surface area contributed by atoms with E-state index in [4.69, 9.17) is 10.5 Å². The molecule has 0 saturated carbocycles. The van der Waals surface area contributed by atoms with Crippen LogP contribution in [0.1, 0.15) is 42.2 Å². The number of anilines is 1. The van der Waals surface area contributed by atoms with E-state index in [-0.39, 0.29) is 17.9 Å². The van der Waals surface area contributed by atoms with Gasteiger partial charge in [0, 0.05) is 22.6 Å². The minimum absolute atomic E-state index is 0.0683. The summed E-state index contributed by atoms with van der Waals surface area (Å²) in [6.07, 6.45) is 2.37. The van der Waals surface area contributed by atoms with Crippen LogP contribution in [0, 0.1) is 12.3 Å². The van der Waals surface area contributed by atoms with E-state index in [1.54, 1.807) is 6.20 Å². The van der Waals surface area contributed by atoms with Gasteiger partial charge in [0.05, 0.1) is 6.42 Å². The highest BCUT2D eigenvalue weighted by Crippen LogP contribution is 2.49. The molecule has 0 amide bonds. The molecule has 0 fully saturated rings. The van der Waals surface area contributed by atoms with E-state index in [0.29, 0.717) is 17.1 Å². The average Bonchev–Trinajstić information content (AvgIpc) is 3.04. The number of hydrogen-bond donors (Lipinski definition) is 2. The van der Waals surface area contributed by atoms with Crippen molar-refractivity contribution in [1.29, 1.82) is 0 Å². The van der Waals surface area contributed by atoms with Crippen LogP contribution in [-0.2, 0) is 17.6 Å². The number of fused-ring (bicyclic) bond motifs is 2. The van der Waals surface area contributed by atoms with E-state index >= 15 is 0 Å². The number of rotatable bonds is 5. The van der Waals surface area contributed by atoms with E-state index in [1.807, 2.05) is 43.3 Å². The van der Waals surface area contributed by atoms with Gasteiger partial charge in [-0.15, -0.1) is 0 Å². The Balaban J connectivity index is 1.59. The van der Waals surface area contributed by atoms with Crippen molar-refractivity contribution in [2.24, 2.45) is 5.41 Å². The number of pyridine rings is 1. The lowest BCUT2D eigenvalue weighted by atomic mass is 9.87. The summed E-state index contributed by atoms with van der Waals surface area (Å²) in [5, 5.41) is 11.4. The van der Waals surface area contributed by atoms with Gasteiger partial charge in [-0.25, -0.2) is 4.98 Å². The van der Waals surface area contributed by atoms with Gasteiger partial charge in [0.1, 0.15) is 17.7 Å². The van der Waals surface area contributed by atoms with Gasteiger partial charge in [0.15, 0.2) is 0 Å². The second kappa shape index (κ2) is 8.17. The fourth-order valence-electron chi connectivity index (χ4n) is 5.08. The zero-order valence-electron chi connectivity index (χ0n) is 19.6. The lowest BCUT2D eigenvalue weighted by molar-refractivity contribution is -0.136. The van der Waals surface area contributed by atoms with Crippen LogP contribution in [0.5, 0.6) is 5.75 Å². The second-order valence-electron chi connectivity index (χ2n) is 9.86. The normalized spacial score (nSPS) is 16.4. The first-order chi connectivity index (χ1) is 16.2. The van der Waals surface area contributed by atoms with Crippen molar-refractivity contribution in [3.63, 3.8) is 0 Å². The van der Waals surface area contributed by atoms with Gasteiger partial charge in [-0.1, -0.05) is 56.3 Å². The molecule has 5 nitrogen and oxygen atoms in total. The van der Waals surface area contributed by atoms with Crippen molar-refractivity contribution >= 4 is 22.6 Å². The van der Waals surface area contributed by atoms with Gasteiger partial charge in [0.2, 0.25) is 0 Å². The van der Waals surface area contributed by atoms with Gasteiger partial charge in [-0.05, 0) is 64.7 Å². The molecule has 1 unspecified atom stereocenters. The Labute approximate surface area is 199 Å².